The van der Waals surface area contributed by atoms with E-state index in [9.17, 15) is 14.4 Å². The predicted molar refractivity (Wildman–Crippen MR) is 108 cm³/mol. The number of anilines is 2. The molecule has 2 aromatic rings. The van der Waals surface area contributed by atoms with Crippen LogP contribution < -0.4 is 21.3 Å². The van der Waals surface area contributed by atoms with Gasteiger partial charge in [0.25, 0.3) is 5.91 Å². The van der Waals surface area contributed by atoms with E-state index in [2.05, 4.69) is 10.6 Å². The van der Waals surface area contributed by atoms with Gasteiger partial charge in [-0.05, 0) is 31.2 Å². The molecule has 4 N–H and O–H groups in total. The molecule has 3 amide bonds. The van der Waals surface area contributed by atoms with E-state index in [0.717, 1.165) is 11.3 Å². The van der Waals surface area contributed by atoms with E-state index in [1.165, 1.54) is 0 Å². The Labute approximate surface area is 163 Å². The summed E-state index contributed by atoms with van der Waals surface area (Å²) >= 11 is 0. The normalized spacial score (nSPS) is 16.1. The minimum absolute atomic E-state index is 0.0852. The van der Waals surface area contributed by atoms with Gasteiger partial charge in [-0.1, -0.05) is 29.8 Å². The molecule has 3 rings (SSSR count). The summed E-state index contributed by atoms with van der Waals surface area (Å²) in [6, 6.07) is 14.4. The first-order valence-corrected chi connectivity index (χ1v) is 9.25. The lowest BCUT2D eigenvalue weighted by Crippen LogP contribution is -2.31. The van der Waals surface area contributed by atoms with Crippen LogP contribution >= 0.6 is 0 Å². The van der Waals surface area contributed by atoms with Gasteiger partial charge in [0.1, 0.15) is 0 Å². The molecule has 0 spiro atoms. The van der Waals surface area contributed by atoms with E-state index in [4.69, 9.17) is 5.73 Å². The number of hydrogen-bond donors (Lipinski definition) is 3. The molecule has 7 heteroatoms. The maximum Gasteiger partial charge on any atom is 0.253 e. The minimum atomic E-state index is -0.478. The molecule has 0 aliphatic carbocycles. The van der Waals surface area contributed by atoms with E-state index < -0.39 is 5.92 Å². The Balaban J connectivity index is 1.70. The summed E-state index contributed by atoms with van der Waals surface area (Å²) in [5.74, 6) is -1.14. The van der Waals surface area contributed by atoms with Gasteiger partial charge in [0.15, 0.2) is 0 Å². The fourth-order valence-electron chi connectivity index (χ4n) is 3.16. The summed E-state index contributed by atoms with van der Waals surface area (Å²) in [7, 11) is 0. The molecule has 1 atom stereocenters. The Hall–Kier alpha value is -3.19. The Kier molecular flexibility index (Phi) is 6.06. The van der Waals surface area contributed by atoms with E-state index in [1.807, 2.05) is 31.2 Å². The summed E-state index contributed by atoms with van der Waals surface area (Å²) in [6.45, 7) is 2.98. The molecule has 0 saturated carbocycles. The summed E-state index contributed by atoms with van der Waals surface area (Å²) < 4.78 is 0. The molecular formula is C21H24N4O3. The number of nitrogens with zero attached hydrogens (tertiary/aromatic N) is 1. The Morgan fingerprint density at radius 3 is 2.57 bits per heavy atom. The fraction of sp³-hybridized carbons (Fsp3) is 0.286. The highest BCUT2D eigenvalue weighted by atomic mass is 16.2. The topological polar surface area (TPSA) is 105 Å². The molecule has 1 fully saturated rings. The SMILES string of the molecule is Cc1ccc(N2CC(C(=O)Nc3ccccc3C(=O)NCCN)CC2=O)cc1. The smallest absolute Gasteiger partial charge is 0.253 e. The van der Waals surface area contributed by atoms with E-state index >= 15 is 0 Å². The molecular weight excluding hydrogens is 356 g/mol. The first kappa shape index (κ1) is 19.6. The van der Waals surface area contributed by atoms with Gasteiger partial charge in [-0.25, -0.2) is 0 Å². The maximum absolute atomic E-state index is 12.7. The lowest BCUT2D eigenvalue weighted by Gasteiger charge is -2.17. The van der Waals surface area contributed by atoms with Crippen LogP contribution in [0.3, 0.4) is 0 Å². The highest BCUT2D eigenvalue weighted by Crippen LogP contribution is 2.27. The van der Waals surface area contributed by atoms with E-state index in [0.29, 0.717) is 30.9 Å². The average molecular weight is 380 g/mol. The predicted octanol–water partition coefficient (Wildman–Crippen LogP) is 1.68. The Morgan fingerprint density at radius 2 is 1.86 bits per heavy atom. The van der Waals surface area contributed by atoms with Gasteiger partial charge in [0.05, 0.1) is 17.2 Å². The molecule has 0 aromatic heterocycles. The number of rotatable bonds is 6. The van der Waals surface area contributed by atoms with Gasteiger partial charge in [0, 0.05) is 31.7 Å². The van der Waals surface area contributed by atoms with Crippen molar-refractivity contribution in [3.8, 4) is 0 Å². The number of carbonyl (C=O) groups excluding carboxylic acids is 3. The van der Waals surface area contributed by atoms with Crippen molar-refractivity contribution in [1.29, 1.82) is 0 Å². The average Bonchev–Trinajstić information content (AvgIpc) is 3.09. The number of hydrogen-bond acceptors (Lipinski definition) is 4. The quantitative estimate of drug-likeness (QED) is 0.709. The number of benzene rings is 2. The van der Waals surface area contributed by atoms with Crippen LogP contribution in [0.5, 0.6) is 0 Å². The van der Waals surface area contributed by atoms with E-state index in [-0.39, 0.29) is 24.1 Å². The van der Waals surface area contributed by atoms with Crippen molar-refractivity contribution in [3.63, 3.8) is 0 Å². The van der Waals surface area contributed by atoms with Crippen molar-refractivity contribution in [2.24, 2.45) is 11.7 Å². The number of amides is 3. The largest absolute Gasteiger partial charge is 0.351 e. The summed E-state index contributed by atoms with van der Waals surface area (Å²) in [5.41, 5.74) is 8.09. The van der Waals surface area contributed by atoms with E-state index in [1.54, 1.807) is 29.2 Å². The number of para-hydroxylation sites is 1. The molecule has 7 nitrogen and oxygen atoms in total. The fourth-order valence-corrected chi connectivity index (χ4v) is 3.16. The highest BCUT2D eigenvalue weighted by Gasteiger charge is 2.35. The summed E-state index contributed by atoms with van der Waals surface area (Å²) in [4.78, 5) is 39.0. The molecule has 0 bridgehead atoms. The number of nitrogens with two attached hydrogens (primary N) is 1. The minimum Gasteiger partial charge on any atom is -0.351 e. The van der Waals surface area contributed by atoms with Gasteiger partial charge < -0.3 is 21.3 Å². The highest BCUT2D eigenvalue weighted by molar-refractivity contribution is 6.07. The van der Waals surface area contributed by atoms with Gasteiger partial charge in [-0.3, -0.25) is 14.4 Å². The van der Waals surface area contributed by atoms with Crippen LogP contribution in [0.4, 0.5) is 11.4 Å². The molecule has 1 unspecified atom stereocenters. The van der Waals surface area contributed by atoms with Crippen molar-refractivity contribution < 1.29 is 14.4 Å². The van der Waals surface area contributed by atoms with Crippen LogP contribution in [0, 0.1) is 12.8 Å². The third kappa shape index (κ3) is 4.37. The second-order valence-electron chi connectivity index (χ2n) is 6.82. The summed E-state index contributed by atoms with van der Waals surface area (Å²) in [6.07, 6.45) is 0.140. The molecule has 1 heterocycles. The van der Waals surface area contributed by atoms with Crippen molar-refractivity contribution in [1.82, 2.24) is 5.32 Å². The summed E-state index contributed by atoms with van der Waals surface area (Å²) in [5, 5.41) is 5.50. The Bertz CT molecular complexity index is 879. The molecule has 0 radical (unpaired) electrons. The van der Waals surface area contributed by atoms with Crippen molar-refractivity contribution >= 4 is 29.1 Å². The molecule has 1 aliphatic rings. The lowest BCUT2D eigenvalue weighted by molar-refractivity contribution is -0.122. The second kappa shape index (κ2) is 8.67. The van der Waals surface area contributed by atoms with Gasteiger partial charge >= 0.3 is 0 Å². The third-order valence-electron chi connectivity index (χ3n) is 4.70. The Morgan fingerprint density at radius 1 is 1.14 bits per heavy atom. The van der Waals surface area contributed by atoms with Crippen LogP contribution in [0.2, 0.25) is 0 Å². The molecule has 1 saturated heterocycles. The molecule has 28 heavy (non-hydrogen) atoms. The van der Waals surface area contributed by atoms with Gasteiger partial charge in [-0.15, -0.1) is 0 Å². The zero-order valence-electron chi connectivity index (χ0n) is 15.8. The standard InChI is InChI=1S/C21H24N4O3/c1-14-6-8-16(9-7-14)25-13-15(12-19(25)26)20(27)24-18-5-3-2-4-17(18)21(28)23-11-10-22/h2-9,15H,10-13,22H2,1H3,(H,23,28)(H,24,27). The monoisotopic (exact) mass is 380 g/mol. The molecule has 2 aromatic carbocycles. The maximum atomic E-state index is 12.7. The van der Waals surface area contributed by atoms with Gasteiger partial charge in [0.2, 0.25) is 11.8 Å². The number of carbonyl (C=O) groups is 3. The number of aryl methyl sites for hydroxylation is 1. The van der Waals surface area contributed by atoms with Crippen LogP contribution in [0.25, 0.3) is 0 Å². The van der Waals surface area contributed by atoms with Crippen LogP contribution in [-0.4, -0.2) is 37.4 Å². The van der Waals surface area contributed by atoms with Crippen LogP contribution in [0.1, 0.15) is 22.3 Å². The third-order valence-corrected chi connectivity index (χ3v) is 4.70. The second-order valence-corrected chi connectivity index (χ2v) is 6.82. The zero-order valence-corrected chi connectivity index (χ0v) is 15.8. The first-order valence-electron chi connectivity index (χ1n) is 9.25. The molecule has 1 aliphatic heterocycles. The van der Waals surface area contributed by atoms with Crippen LogP contribution in [-0.2, 0) is 9.59 Å². The first-order chi connectivity index (χ1) is 13.5. The molecule has 146 valence electrons. The number of nitrogens with one attached hydrogen (secondary N) is 2. The van der Waals surface area contributed by atoms with Gasteiger partial charge in [-0.2, -0.15) is 0 Å². The van der Waals surface area contributed by atoms with Crippen molar-refractivity contribution in [2.75, 3.05) is 29.9 Å². The van der Waals surface area contributed by atoms with Crippen molar-refractivity contribution in [3.05, 3.63) is 59.7 Å². The van der Waals surface area contributed by atoms with Crippen molar-refractivity contribution in [2.45, 2.75) is 13.3 Å². The van der Waals surface area contributed by atoms with Crippen LogP contribution in [0.15, 0.2) is 48.5 Å². The lowest BCUT2D eigenvalue weighted by atomic mass is 10.1. The zero-order chi connectivity index (χ0) is 20.1.